The Hall–Kier alpha value is -3.10. The van der Waals surface area contributed by atoms with Crippen molar-refractivity contribution in [2.75, 3.05) is 7.11 Å². The predicted molar refractivity (Wildman–Crippen MR) is 100 cm³/mol. The maximum Gasteiger partial charge on any atom is 0.290 e. The largest absolute Gasteiger partial charge is 0.494 e. The zero-order chi connectivity index (χ0) is 19.6. The fourth-order valence-electron chi connectivity index (χ4n) is 2.42. The number of hydrogen-bond donors (Lipinski definition) is 3. The first-order valence-corrected chi connectivity index (χ1v) is 8.29. The molecule has 0 unspecified atom stereocenters. The fourth-order valence-corrected chi connectivity index (χ4v) is 3.06. The van der Waals surface area contributed by atoms with Gasteiger partial charge < -0.3 is 4.74 Å². The molecule has 2 aromatic carbocycles. The number of carbonyl (C=O) groups is 2. The van der Waals surface area contributed by atoms with Gasteiger partial charge >= 0.3 is 0 Å². The Morgan fingerprint density at radius 1 is 1.04 bits per heavy atom. The summed E-state index contributed by atoms with van der Waals surface area (Å²) in [5, 5.41) is 6.94. The lowest BCUT2D eigenvalue weighted by atomic mass is 10.1. The number of ether oxygens (including phenoxy) is 1. The number of rotatable bonds is 3. The van der Waals surface area contributed by atoms with Gasteiger partial charge in [0.1, 0.15) is 0 Å². The monoisotopic (exact) mass is 406 g/mol. The third kappa shape index (κ3) is 3.71. The van der Waals surface area contributed by atoms with Crippen molar-refractivity contribution in [3.05, 3.63) is 68.1 Å². The molecule has 0 aliphatic carbocycles. The van der Waals surface area contributed by atoms with Crippen LogP contribution in [0.25, 0.3) is 10.8 Å². The summed E-state index contributed by atoms with van der Waals surface area (Å²) in [5.74, 6) is -1.12. The van der Waals surface area contributed by atoms with E-state index < -0.39 is 17.4 Å². The number of halogens is 2. The van der Waals surface area contributed by atoms with Gasteiger partial charge in [-0.2, -0.15) is 5.10 Å². The summed E-state index contributed by atoms with van der Waals surface area (Å²) in [6, 6.07) is 9.17. The van der Waals surface area contributed by atoms with Crippen molar-refractivity contribution < 1.29 is 14.3 Å². The first kappa shape index (κ1) is 18.7. The topological polar surface area (TPSA) is 113 Å². The number of hydrogen-bond acceptors (Lipinski definition) is 5. The van der Waals surface area contributed by atoms with Crippen molar-refractivity contribution in [2.45, 2.75) is 0 Å². The van der Waals surface area contributed by atoms with Crippen LogP contribution in [0.4, 0.5) is 0 Å². The quantitative estimate of drug-likeness (QED) is 0.577. The van der Waals surface area contributed by atoms with E-state index in [-0.39, 0.29) is 27.1 Å². The highest BCUT2D eigenvalue weighted by Gasteiger charge is 2.17. The minimum Gasteiger partial charge on any atom is -0.494 e. The Bertz CT molecular complexity index is 1090. The molecule has 0 radical (unpaired) electrons. The van der Waals surface area contributed by atoms with E-state index >= 15 is 0 Å². The molecule has 1 heterocycles. The standard InChI is InChI=1S/C17H12Cl2N4O4/c1-27-14-11(18)6-8(7-12(14)19)15(24)21-23-17(26)13-9-4-2-3-5-10(9)16(25)22-20-13/h2-7H,1H3,(H,21,24)(H,22,25)(H,23,26). The van der Waals surface area contributed by atoms with Gasteiger partial charge in [-0.15, -0.1) is 0 Å². The second-order valence-corrected chi connectivity index (χ2v) is 6.14. The van der Waals surface area contributed by atoms with E-state index in [0.717, 1.165) is 0 Å². The van der Waals surface area contributed by atoms with Gasteiger partial charge in [-0.1, -0.05) is 41.4 Å². The van der Waals surface area contributed by atoms with Crippen molar-refractivity contribution in [1.82, 2.24) is 21.0 Å². The summed E-state index contributed by atoms with van der Waals surface area (Å²) in [6.07, 6.45) is 0. The molecular weight excluding hydrogens is 395 g/mol. The van der Waals surface area contributed by atoms with Gasteiger partial charge in [0.15, 0.2) is 11.4 Å². The number of amides is 2. The molecule has 3 aromatic rings. The number of benzene rings is 2. The van der Waals surface area contributed by atoms with E-state index in [1.165, 1.54) is 19.2 Å². The van der Waals surface area contributed by atoms with E-state index in [2.05, 4.69) is 21.0 Å². The average molecular weight is 407 g/mol. The second kappa shape index (κ2) is 7.65. The van der Waals surface area contributed by atoms with Crippen LogP contribution in [0.15, 0.2) is 41.2 Å². The third-order valence-electron chi connectivity index (χ3n) is 3.67. The lowest BCUT2D eigenvalue weighted by Gasteiger charge is -2.10. The molecule has 10 heteroatoms. The van der Waals surface area contributed by atoms with Crippen molar-refractivity contribution in [3.63, 3.8) is 0 Å². The average Bonchev–Trinajstić information content (AvgIpc) is 2.66. The molecule has 138 valence electrons. The molecule has 27 heavy (non-hydrogen) atoms. The van der Waals surface area contributed by atoms with Crippen LogP contribution in [0.5, 0.6) is 5.75 Å². The summed E-state index contributed by atoms with van der Waals surface area (Å²) in [7, 11) is 1.40. The molecule has 3 rings (SSSR count). The molecule has 0 spiro atoms. The number of nitrogens with one attached hydrogen (secondary N) is 3. The predicted octanol–water partition coefficient (Wildman–Crippen LogP) is 2.31. The summed E-state index contributed by atoms with van der Waals surface area (Å²) < 4.78 is 5.01. The number of fused-ring (bicyclic) bond motifs is 1. The molecular formula is C17H12Cl2N4O4. The molecule has 2 amide bonds. The SMILES string of the molecule is COc1c(Cl)cc(C(=O)NNC(=O)c2n[nH]c(=O)c3ccccc23)cc1Cl. The highest BCUT2D eigenvalue weighted by Crippen LogP contribution is 2.33. The molecule has 0 fully saturated rings. The van der Waals surface area contributed by atoms with Crippen molar-refractivity contribution >= 4 is 45.8 Å². The zero-order valence-corrected chi connectivity index (χ0v) is 15.3. The molecule has 0 bridgehead atoms. The first-order chi connectivity index (χ1) is 12.9. The van der Waals surface area contributed by atoms with Crippen LogP contribution in [0.3, 0.4) is 0 Å². The highest BCUT2D eigenvalue weighted by atomic mass is 35.5. The van der Waals surface area contributed by atoms with E-state index in [9.17, 15) is 14.4 Å². The molecule has 0 aliphatic heterocycles. The van der Waals surface area contributed by atoms with Crippen LogP contribution in [-0.2, 0) is 0 Å². The number of hydrazine groups is 1. The lowest BCUT2D eigenvalue weighted by molar-refractivity contribution is 0.0844. The van der Waals surface area contributed by atoms with Crippen molar-refractivity contribution in [3.8, 4) is 5.75 Å². The highest BCUT2D eigenvalue weighted by molar-refractivity contribution is 6.37. The Morgan fingerprint density at radius 2 is 1.63 bits per heavy atom. The van der Waals surface area contributed by atoms with Crippen LogP contribution in [0.1, 0.15) is 20.8 Å². The van der Waals surface area contributed by atoms with Gasteiger partial charge in [-0.3, -0.25) is 25.2 Å². The summed E-state index contributed by atoms with van der Waals surface area (Å²) in [4.78, 5) is 36.4. The number of H-pyrrole nitrogens is 1. The molecule has 3 N–H and O–H groups in total. The second-order valence-electron chi connectivity index (χ2n) is 5.33. The summed E-state index contributed by atoms with van der Waals surface area (Å²) >= 11 is 12.0. The molecule has 0 saturated heterocycles. The first-order valence-electron chi connectivity index (χ1n) is 7.53. The number of methoxy groups -OCH3 is 1. The van der Waals surface area contributed by atoms with Gasteiger partial charge in [0.2, 0.25) is 0 Å². The maximum absolute atomic E-state index is 12.4. The smallest absolute Gasteiger partial charge is 0.290 e. The Balaban J connectivity index is 1.80. The summed E-state index contributed by atoms with van der Waals surface area (Å²) in [6.45, 7) is 0. The zero-order valence-electron chi connectivity index (χ0n) is 13.8. The normalized spacial score (nSPS) is 10.5. The van der Waals surface area contributed by atoms with E-state index in [1.807, 2.05) is 0 Å². The van der Waals surface area contributed by atoms with Gasteiger partial charge in [0.25, 0.3) is 17.4 Å². The van der Waals surface area contributed by atoms with Gasteiger partial charge in [0.05, 0.1) is 22.5 Å². The number of nitrogens with zero attached hydrogens (tertiary/aromatic N) is 1. The minimum atomic E-state index is -0.707. The van der Waals surface area contributed by atoms with Crippen LogP contribution in [0, 0.1) is 0 Å². The van der Waals surface area contributed by atoms with E-state index in [4.69, 9.17) is 27.9 Å². The number of aromatic nitrogens is 2. The molecule has 0 saturated carbocycles. The summed E-state index contributed by atoms with van der Waals surface area (Å²) in [5.41, 5.74) is 4.12. The van der Waals surface area contributed by atoms with E-state index in [1.54, 1.807) is 24.3 Å². The van der Waals surface area contributed by atoms with Crippen molar-refractivity contribution in [2.24, 2.45) is 0 Å². The van der Waals surface area contributed by atoms with Crippen LogP contribution >= 0.6 is 23.2 Å². The van der Waals surface area contributed by atoms with Gasteiger partial charge in [-0.05, 0) is 18.2 Å². The Labute approximate surface area is 162 Å². The minimum absolute atomic E-state index is 0.0451. The lowest BCUT2D eigenvalue weighted by Crippen LogP contribution is -2.42. The third-order valence-corrected chi connectivity index (χ3v) is 4.23. The maximum atomic E-state index is 12.4. The van der Waals surface area contributed by atoms with Crippen LogP contribution < -0.4 is 21.1 Å². The molecule has 0 aliphatic rings. The van der Waals surface area contributed by atoms with Gasteiger partial charge in [0, 0.05) is 10.9 Å². The van der Waals surface area contributed by atoms with Crippen molar-refractivity contribution in [1.29, 1.82) is 0 Å². The fraction of sp³-hybridized carbons (Fsp3) is 0.0588. The van der Waals surface area contributed by atoms with Gasteiger partial charge in [-0.25, -0.2) is 5.10 Å². The molecule has 0 atom stereocenters. The molecule has 1 aromatic heterocycles. The van der Waals surface area contributed by atoms with E-state index in [0.29, 0.717) is 10.8 Å². The van der Waals surface area contributed by atoms with Crippen LogP contribution in [0.2, 0.25) is 10.0 Å². The molecule has 8 nitrogen and oxygen atoms in total. The Kier molecular flexibility index (Phi) is 5.29. The number of carbonyl (C=O) groups excluding carboxylic acids is 2. The van der Waals surface area contributed by atoms with Crippen LogP contribution in [-0.4, -0.2) is 29.1 Å². The Morgan fingerprint density at radius 3 is 2.26 bits per heavy atom. The number of aromatic amines is 1.